The Hall–Kier alpha value is -0.770. The molecule has 0 aliphatic rings. The smallest absolute Gasteiger partial charge is 0.404 e. The molecule has 1 amide bonds. The maximum Gasteiger partial charge on any atom is 0.404 e. The van der Waals surface area contributed by atoms with Crippen molar-refractivity contribution in [3.63, 3.8) is 0 Å². The molecule has 0 rings (SSSR count). The summed E-state index contributed by atoms with van der Waals surface area (Å²) in [4.78, 5) is 10.3. The van der Waals surface area contributed by atoms with Crippen LogP contribution in [0.2, 0.25) is 0 Å². The van der Waals surface area contributed by atoms with Gasteiger partial charge in [-0.1, -0.05) is 27.2 Å². The Kier molecular flexibility index (Phi) is 4.77. The summed E-state index contributed by atoms with van der Waals surface area (Å²) in [6, 6.07) is 0. The normalized spacial score (nSPS) is 17.5. The second-order valence-corrected chi connectivity index (χ2v) is 3.78. The Balaban J connectivity index is 4.18. The summed E-state index contributed by atoms with van der Waals surface area (Å²) in [7, 11) is 0. The highest BCUT2D eigenvalue weighted by Crippen LogP contribution is 2.28. The maximum atomic E-state index is 10.3. The third-order valence-electron chi connectivity index (χ3n) is 2.81. The van der Waals surface area contributed by atoms with Gasteiger partial charge in [0.25, 0.3) is 0 Å². The second kappa shape index (κ2) is 5.07. The molecule has 0 aromatic carbocycles. The fourth-order valence-electron chi connectivity index (χ4n) is 1.16. The Morgan fingerprint density at radius 1 is 1.62 bits per heavy atom. The molecule has 0 spiro atoms. The van der Waals surface area contributed by atoms with Crippen LogP contribution in [0.5, 0.6) is 0 Å². The lowest BCUT2D eigenvalue weighted by Crippen LogP contribution is -2.41. The molecule has 0 radical (unpaired) electrons. The Bertz CT molecular complexity index is 172. The number of nitrogens with one attached hydrogen (secondary N) is 1. The minimum Gasteiger partial charge on any atom is -0.465 e. The van der Waals surface area contributed by atoms with Crippen molar-refractivity contribution in [2.24, 2.45) is 11.3 Å². The number of carboxylic acid groups (broad SMARTS) is 1. The standard InChI is InChI=1S/C9H19NO3/c1-4-7(2)9(3,6-11)5-10-8(12)13/h7,10-11H,4-6H2,1-3H3,(H,12,13). The molecule has 0 aromatic heterocycles. The summed E-state index contributed by atoms with van der Waals surface area (Å²) < 4.78 is 0. The number of hydrogen-bond donors (Lipinski definition) is 3. The lowest BCUT2D eigenvalue weighted by Gasteiger charge is -2.33. The molecule has 0 aliphatic carbocycles. The molecular weight excluding hydrogens is 170 g/mol. The zero-order chi connectivity index (χ0) is 10.5. The van der Waals surface area contributed by atoms with Gasteiger partial charge in [0.15, 0.2) is 0 Å². The van der Waals surface area contributed by atoms with E-state index in [1.54, 1.807) is 0 Å². The van der Waals surface area contributed by atoms with Gasteiger partial charge in [-0.2, -0.15) is 0 Å². The number of aliphatic hydroxyl groups excluding tert-OH is 1. The summed E-state index contributed by atoms with van der Waals surface area (Å²) in [6.07, 6.45) is -0.110. The number of carbonyl (C=O) groups is 1. The van der Waals surface area contributed by atoms with Crippen LogP contribution in [-0.4, -0.2) is 29.5 Å². The zero-order valence-corrected chi connectivity index (χ0v) is 8.50. The first-order valence-corrected chi connectivity index (χ1v) is 4.54. The van der Waals surface area contributed by atoms with Crippen molar-refractivity contribution in [2.75, 3.05) is 13.2 Å². The van der Waals surface area contributed by atoms with Gasteiger partial charge in [0.05, 0.1) is 6.61 Å². The Morgan fingerprint density at radius 2 is 2.15 bits per heavy atom. The van der Waals surface area contributed by atoms with E-state index in [9.17, 15) is 4.79 Å². The molecular formula is C9H19NO3. The van der Waals surface area contributed by atoms with Crippen molar-refractivity contribution in [3.05, 3.63) is 0 Å². The van der Waals surface area contributed by atoms with E-state index in [0.717, 1.165) is 6.42 Å². The van der Waals surface area contributed by atoms with Crippen LogP contribution in [0.3, 0.4) is 0 Å². The number of amides is 1. The lowest BCUT2D eigenvalue weighted by atomic mass is 9.77. The minimum absolute atomic E-state index is 0.00227. The molecule has 78 valence electrons. The van der Waals surface area contributed by atoms with E-state index >= 15 is 0 Å². The van der Waals surface area contributed by atoms with Crippen LogP contribution in [0, 0.1) is 11.3 Å². The van der Waals surface area contributed by atoms with Gasteiger partial charge >= 0.3 is 6.09 Å². The minimum atomic E-state index is -1.04. The van der Waals surface area contributed by atoms with E-state index < -0.39 is 6.09 Å². The molecule has 0 saturated carbocycles. The van der Waals surface area contributed by atoms with Crippen LogP contribution in [-0.2, 0) is 0 Å². The second-order valence-electron chi connectivity index (χ2n) is 3.78. The van der Waals surface area contributed by atoms with Crippen molar-refractivity contribution in [1.29, 1.82) is 0 Å². The fraction of sp³-hybridized carbons (Fsp3) is 0.889. The van der Waals surface area contributed by atoms with Crippen LogP contribution in [0.4, 0.5) is 4.79 Å². The third-order valence-corrected chi connectivity index (χ3v) is 2.81. The highest BCUT2D eigenvalue weighted by atomic mass is 16.4. The van der Waals surface area contributed by atoms with Crippen molar-refractivity contribution < 1.29 is 15.0 Å². The average Bonchev–Trinajstić information content (AvgIpc) is 2.12. The SMILES string of the molecule is CCC(C)C(C)(CO)CNC(=O)O. The molecule has 2 atom stereocenters. The largest absolute Gasteiger partial charge is 0.465 e. The van der Waals surface area contributed by atoms with Gasteiger partial charge in [-0.25, -0.2) is 4.79 Å². The highest BCUT2D eigenvalue weighted by Gasteiger charge is 2.29. The number of hydrogen-bond acceptors (Lipinski definition) is 2. The molecule has 0 saturated heterocycles. The van der Waals surface area contributed by atoms with E-state index in [1.807, 2.05) is 20.8 Å². The van der Waals surface area contributed by atoms with E-state index in [0.29, 0.717) is 12.5 Å². The van der Waals surface area contributed by atoms with Crippen LogP contribution in [0.15, 0.2) is 0 Å². The zero-order valence-electron chi connectivity index (χ0n) is 8.50. The summed E-state index contributed by atoms with van der Waals surface area (Å²) in [5.74, 6) is 0.296. The molecule has 3 N–H and O–H groups in total. The Morgan fingerprint density at radius 3 is 2.46 bits per heavy atom. The van der Waals surface area contributed by atoms with Crippen LogP contribution < -0.4 is 5.32 Å². The first kappa shape index (κ1) is 12.2. The monoisotopic (exact) mass is 189 g/mol. The van der Waals surface area contributed by atoms with Crippen LogP contribution in [0.1, 0.15) is 27.2 Å². The van der Waals surface area contributed by atoms with Crippen LogP contribution >= 0.6 is 0 Å². The molecule has 0 fully saturated rings. The lowest BCUT2D eigenvalue weighted by molar-refractivity contribution is 0.0823. The molecule has 0 heterocycles. The maximum absolute atomic E-state index is 10.3. The van der Waals surface area contributed by atoms with E-state index in [2.05, 4.69) is 5.32 Å². The Labute approximate surface area is 79.0 Å². The molecule has 2 unspecified atom stereocenters. The third kappa shape index (κ3) is 3.63. The van der Waals surface area contributed by atoms with Gasteiger partial charge in [-0.3, -0.25) is 0 Å². The van der Waals surface area contributed by atoms with Gasteiger partial charge in [0.1, 0.15) is 0 Å². The summed E-state index contributed by atoms with van der Waals surface area (Å²) in [5, 5.41) is 19.9. The molecule has 4 heteroatoms. The number of aliphatic hydroxyl groups is 1. The first-order valence-electron chi connectivity index (χ1n) is 4.54. The average molecular weight is 189 g/mol. The highest BCUT2D eigenvalue weighted by molar-refractivity contribution is 5.64. The van der Waals surface area contributed by atoms with Gasteiger partial charge in [0, 0.05) is 12.0 Å². The van der Waals surface area contributed by atoms with Gasteiger partial charge in [0.2, 0.25) is 0 Å². The molecule has 13 heavy (non-hydrogen) atoms. The van der Waals surface area contributed by atoms with Crippen molar-refractivity contribution in [3.8, 4) is 0 Å². The van der Waals surface area contributed by atoms with Crippen molar-refractivity contribution in [1.82, 2.24) is 5.32 Å². The number of rotatable bonds is 5. The molecule has 0 aliphatic heterocycles. The van der Waals surface area contributed by atoms with Crippen molar-refractivity contribution >= 4 is 6.09 Å². The summed E-state index contributed by atoms with van der Waals surface area (Å²) in [6.45, 7) is 6.23. The predicted octanol–water partition coefficient (Wildman–Crippen LogP) is 1.30. The molecule has 0 bridgehead atoms. The topological polar surface area (TPSA) is 69.6 Å². The summed E-state index contributed by atoms with van der Waals surface area (Å²) >= 11 is 0. The summed E-state index contributed by atoms with van der Waals surface area (Å²) in [5.41, 5.74) is -0.354. The fourth-order valence-corrected chi connectivity index (χ4v) is 1.16. The predicted molar refractivity (Wildman–Crippen MR) is 50.7 cm³/mol. The van der Waals surface area contributed by atoms with E-state index in [-0.39, 0.29) is 12.0 Å². The van der Waals surface area contributed by atoms with Crippen molar-refractivity contribution in [2.45, 2.75) is 27.2 Å². The van der Waals surface area contributed by atoms with Gasteiger partial charge in [-0.05, 0) is 5.92 Å². The molecule has 0 aromatic rings. The van der Waals surface area contributed by atoms with Gasteiger partial charge < -0.3 is 15.5 Å². The van der Waals surface area contributed by atoms with E-state index in [1.165, 1.54) is 0 Å². The first-order chi connectivity index (χ1) is 5.96. The quantitative estimate of drug-likeness (QED) is 0.610. The molecule has 4 nitrogen and oxygen atoms in total. The van der Waals surface area contributed by atoms with E-state index in [4.69, 9.17) is 10.2 Å². The van der Waals surface area contributed by atoms with Gasteiger partial charge in [-0.15, -0.1) is 0 Å². The van der Waals surface area contributed by atoms with Crippen LogP contribution in [0.25, 0.3) is 0 Å².